The van der Waals surface area contributed by atoms with Crippen LogP contribution in [0.1, 0.15) is 33.2 Å². The highest BCUT2D eigenvalue weighted by molar-refractivity contribution is 6.06. The van der Waals surface area contributed by atoms with Crippen LogP contribution in [0.25, 0.3) is 0 Å². The number of aldehydes is 1. The highest BCUT2D eigenvalue weighted by Crippen LogP contribution is 2.18. The maximum atomic E-state index is 12.2. The molecule has 2 rings (SSSR count). The van der Waals surface area contributed by atoms with Gasteiger partial charge in [0.2, 0.25) is 0 Å². The van der Waals surface area contributed by atoms with E-state index in [1.165, 1.54) is 19.1 Å². The third-order valence-electron chi connectivity index (χ3n) is 2.96. The van der Waals surface area contributed by atoms with Crippen LogP contribution in [0.4, 0.5) is 5.69 Å². The SMILES string of the molecule is CC(=O)Oc1ccc(C(=O)Nc2ccc(C)cc2C=O)cc1. The Hall–Kier alpha value is -2.95. The van der Waals surface area contributed by atoms with Crippen LogP contribution in [-0.2, 0) is 4.79 Å². The minimum Gasteiger partial charge on any atom is -0.427 e. The monoisotopic (exact) mass is 297 g/mol. The van der Waals surface area contributed by atoms with E-state index in [-0.39, 0.29) is 5.91 Å². The smallest absolute Gasteiger partial charge is 0.308 e. The van der Waals surface area contributed by atoms with Crippen molar-refractivity contribution in [2.75, 3.05) is 5.32 Å². The normalized spacial score (nSPS) is 9.91. The predicted molar refractivity (Wildman–Crippen MR) is 82.3 cm³/mol. The molecule has 0 aliphatic rings. The summed E-state index contributed by atoms with van der Waals surface area (Å²) in [7, 11) is 0. The van der Waals surface area contributed by atoms with E-state index in [9.17, 15) is 14.4 Å². The third-order valence-corrected chi connectivity index (χ3v) is 2.96. The summed E-state index contributed by atoms with van der Waals surface area (Å²) in [6.07, 6.45) is 0.701. The molecular weight excluding hydrogens is 282 g/mol. The maximum absolute atomic E-state index is 12.2. The predicted octanol–water partition coefficient (Wildman–Crippen LogP) is 2.99. The number of benzene rings is 2. The van der Waals surface area contributed by atoms with Crippen LogP contribution < -0.4 is 10.1 Å². The summed E-state index contributed by atoms with van der Waals surface area (Å²) < 4.78 is 4.90. The number of aryl methyl sites for hydroxylation is 1. The van der Waals surface area contributed by atoms with Gasteiger partial charge in [-0.2, -0.15) is 0 Å². The van der Waals surface area contributed by atoms with Crippen molar-refractivity contribution in [2.24, 2.45) is 0 Å². The van der Waals surface area contributed by atoms with Gasteiger partial charge in [0, 0.05) is 18.1 Å². The summed E-state index contributed by atoms with van der Waals surface area (Å²) in [5.41, 5.74) is 2.21. The molecule has 0 bridgehead atoms. The molecule has 0 fully saturated rings. The van der Waals surface area contributed by atoms with Gasteiger partial charge < -0.3 is 10.1 Å². The van der Waals surface area contributed by atoms with Crippen LogP contribution >= 0.6 is 0 Å². The first-order chi connectivity index (χ1) is 10.5. The van der Waals surface area contributed by atoms with E-state index < -0.39 is 5.97 Å². The molecule has 2 aromatic carbocycles. The molecule has 0 radical (unpaired) electrons. The molecule has 112 valence electrons. The van der Waals surface area contributed by atoms with Gasteiger partial charge in [-0.25, -0.2) is 0 Å². The van der Waals surface area contributed by atoms with Gasteiger partial charge in [-0.05, 0) is 43.3 Å². The fourth-order valence-corrected chi connectivity index (χ4v) is 1.93. The summed E-state index contributed by atoms with van der Waals surface area (Å²) in [6, 6.07) is 11.4. The number of amides is 1. The molecule has 0 saturated carbocycles. The molecular formula is C17H15NO4. The van der Waals surface area contributed by atoms with E-state index >= 15 is 0 Å². The Morgan fingerprint density at radius 2 is 1.77 bits per heavy atom. The molecule has 22 heavy (non-hydrogen) atoms. The van der Waals surface area contributed by atoms with Gasteiger partial charge in [-0.3, -0.25) is 14.4 Å². The summed E-state index contributed by atoms with van der Waals surface area (Å²) in [5.74, 6) is -0.401. The molecule has 0 saturated heterocycles. The quantitative estimate of drug-likeness (QED) is 0.535. The number of rotatable bonds is 4. The second kappa shape index (κ2) is 6.67. The lowest BCUT2D eigenvalue weighted by atomic mass is 10.1. The fourth-order valence-electron chi connectivity index (χ4n) is 1.93. The number of carbonyl (C=O) groups excluding carboxylic acids is 3. The molecule has 1 amide bonds. The zero-order valence-electron chi connectivity index (χ0n) is 12.3. The standard InChI is InChI=1S/C17H15NO4/c1-11-3-8-16(14(9-11)10-19)18-17(21)13-4-6-15(7-5-13)22-12(2)20/h3-10H,1-2H3,(H,18,21). The highest BCUT2D eigenvalue weighted by atomic mass is 16.5. The van der Waals surface area contributed by atoms with Crippen LogP contribution in [0.15, 0.2) is 42.5 Å². The Kier molecular flexibility index (Phi) is 4.68. The van der Waals surface area contributed by atoms with Crippen molar-refractivity contribution in [3.63, 3.8) is 0 Å². The minimum atomic E-state index is -0.424. The van der Waals surface area contributed by atoms with Gasteiger partial charge in [0.1, 0.15) is 5.75 Å². The second-order valence-corrected chi connectivity index (χ2v) is 4.78. The van der Waals surface area contributed by atoms with Crippen molar-refractivity contribution in [3.05, 3.63) is 59.2 Å². The van der Waals surface area contributed by atoms with Crippen LogP contribution in [0.3, 0.4) is 0 Å². The molecule has 0 aliphatic heterocycles. The number of hydrogen-bond acceptors (Lipinski definition) is 4. The first kappa shape index (κ1) is 15.4. The van der Waals surface area contributed by atoms with Gasteiger partial charge in [-0.15, -0.1) is 0 Å². The van der Waals surface area contributed by atoms with Gasteiger partial charge in [0.25, 0.3) is 5.91 Å². The number of carbonyl (C=O) groups is 3. The van der Waals surface area contributed by atoms with E-state index in [0.717, 1.165) is 5.56 Å². The molecule has 0 atom stereocenters. The molecule has 0 aliphatic carbocycles. The van der Waals surface area contributed by atoms with Crippen LogP contribution in [0.5, 0.6) is 5.75 Å². The van der Waals surface area contributed by atoms with Crippen molar-refractivity contribution in [1.82, 2.24) is 0 Å². The molecule has 1 N–H and O–H groups in total. The number of anilines is 1. The Morgan fingerprint density at radius 3 is 2.36 bits per heavy atom. The van der Waals surface area contributed by atoms with E-state index in [1.807, 2.05) is 13.0 Å². The third kappa shape index (κ3) is 3.79. The van der Waals surface area contributed by atoms with E-state index in [0.29, 0.717) is 28.8 Å². The van der Waals surface area contributed by atoms with E-state index in [4.69, 9.17) is 4.74 Å². The summed E-state index contributed by atoms with van der Waals surface area (Å²) >= 11 is 0. The molecule has 0 spiro atoms. The highest BCUT2D eigenvalue weighted by Gasteiger charge is 2.09. The average Bonchev–Trinajstić information content (AvgIpc) is 2.49. The molecule has 0 heterocycles. The molecule has 5 nitrogen and oxygen atoms in total. The zero-order chi connectivity index (χ0) is 16.1. The Labute approximate surface area is 127 Å². The first-order valence-electron chi connectivity index (χ1n) is 6.65. The topological polar surface area (TPSA) is 72.5 Å². The van der Waals surface area contributed by atoms with Crippen LogP contribution in [-0.4, -0.2) is 18.2 Å². The van der Waals surface area contributed by atoms with Crippen molar-refractivity contribution in [1.29, 1.82) is 0 Å². The average molecular weight is 297 g/mol. The second-order valence-electron chi connectivity index (χ2n) is 4.78. The first-order valence-corrected chi connectivity index (χ1v) is 6.65. The molecule has 2 aromatic rings. The number of ether oxygens (including phenoxy) is 1. The van der Waals surface area contributed by atoms with Crippen molar-refractivity contribution >= 4 is 23.9 Å². The van der Waals surface area contributed by atoms with Crippen LogP contribution in [0.2, 0.25) is 0 Å². The van der Waals surface area contributed by atoms with E-state index in [2.05, 4.69) is 5.32 Å². The fraction of sp³-hybridized carbons (Fsp3) is 0.118. The molecule has 5 heteroatoms. The van der Waals surface area contributed by atoms with Crippen molar-refractivity contribution in [2.45, 2.75) is 13.8 Å². The molecule has 0 aromatic heterocycles. The largest absolute Gasteiger partial charge is 0.427 e. The number of esters is 1. The molecule has 0 unspecified atom stereocenters. The number of nitrogens with one attached hydrogen (secondary N) is 1. The minimum absolute atomic E-state index is 0.346. The lowest BCUT2D eigenvalue weighted by Crippen LogP contribution is -2.13. The maximum Gasteiger partial charge on any atom is 0.308 e. The van der Waals surface area contributed by atoms with Crippen molar-refractivity contribution < 1.29 is 19.1 Å². The van der Waals surface area contributed by atoms with Gasteiger partial charge in [-0.1, -0.05) is 11.6 Å². The number of hydrogen-bond donors (Lipinski definition) is 1. The Balaban J connectivity index is 2.15. The lowest BCUT2D eigenvalue weighted by molar-refractivity contribution is -0.131. The summed E-state index contributed by atoms with van der Waals surface area (Å²) in [5, 5.41) is 2.69. The Bertz CT molecular complexity index is 720. The summed E-state index contributed by atoms with van der Waals surface area (Å²) in [4.78, 5) is 34.0. The Morgan fingerprint density at radius 1 is 1.09 bits per heavy atom. The van der Waals surface area contributed by atoms with Gasteiger partial charge in [0.15, 0.2) is 6.29 Å². The zero-order valence-corrected chi connectivity index (χ0v) is 12.3. The van der Waals surface area contributed by atoms with Crippen molar-refractivity contribution in [3.8, 4) is 5.75 Å². The van der Waals surface area contributed by atoms with Gasteiger partial charge in [0.05, 0.1) is 5.69 Å². The van der Waals surface area contributed by atoms with Gasteiger partial charge >= 0.3 is 5.97 Å². The van der Waals surface area contributed by atoms with E-state index in [1.54, 1.807) is 24.3 Å². The lowest BCUT2D eigenvalue weighted by Gasteiger charge is -2.09. The van der Waals surface area contributed by atoms with Crippen LogP contribution in [0, 0.1) is 6.92 Å². The summed E-state index contributed by atoms with van der Waals surface area (Å²) in [6.45, 7) is 3.17.